The van der Waals surface area contributed by atoms with Gasteiger partial charge in [-0.15, -0.1) is 11.3 Å². The van der Waals surface area contributed by atoms with E-state index in [1.165, 1.54) is 35.8 Å². The van der Waals surface area contributed by atoms with Gasteiger partial charge >= 0.3 is 0 Å². The third-order valence-electron chi connectivity index (χ3n) is 3.85. The van der Waals surface area contributed by atoms with Crippen LogP contribution >= 0.6 is 11.3 Å². The Morgan fingerprint density at radius 1 is 1.37 bits per heavy atom. The molecule has 19 heavy (non-hydrogen) atoms. The van der Waals surface area contributed by atoms with Crippen molar-refractivity contribution in [3.8, 4) is 0 Å². The summed E-state index contributed by atoms with van der Waals surface area (Å²) in [5.41, 5.74) is 2.46. The Morgan fingerprint density at radius 2 is 2.26 bits per heavy atom. The summed E-state index contributed by atoms with van der Waals surface area (Å²) < 4.78 is 13.3. The van der Waals surface area contributed by atoms with Crippen molar-refractivity contribution >= 4 is 11.3 Å². The molecule has 2 aromatic rings. The first kappa shape index (κ1) is 12.8. The molecule has 100 valence electrons. The molecule has 1 unspecified atom stereocenters. The maximum Gasteiger partial charge on any atom is 0.123 e. The molecule has 0 bridgehead atoms. The van der Waals surface area contributed by atoms with Crippen molar-refractivity contribution in [2.24, 2.45) is 0 Å². The van der Waals surface area contributed by atoms with Crippen LogP contribution in [-0.2, 0) is 6.42 Å². The second-order valence-corrected chi connectivity index (χ2v) is 6.19. The molecule has 1 aromatic carbocycles. The molecule has 0 fully saturated rings. The van der Waals surface area contributed by atoms with Gasteiger partial charge in [0.1, 0.15) is 5.82 Å². The van der Waals surface area contributed by atoms with Gasteiger partial charge in [-0.3, -0.25) is 0 Å². The van der Waals surface area contributed by atoms with Crippen LogP contribution in [0.2, 0.25) is 0 Å². The van der Waals surface area contributed by atoms with E-state index in [-0.39, 0.29) is 11.9 Å². The zero-order chi connectivity index (χ0) is 13.2. The molecule has 0 amide bonds. The summed E-state index contributed by atoms with van der Waals surface area (Å²) in [6, 6.07) is 9.69. The quantitative estimate of drug-likeness (QED) is 0.862. The van der Waals surface area contributed by atoms with E-state index in [0.717, 1.165) is 5.56 Å². The van der Waals surface area contributed by atoms with Crippen molar-refractivity contribution in [2.45, 2.75) is 38.3 Å². The normalized spacial score (nSPS) is 20.0. The monoisotopic (exact) mass is 275 g/mol. The maximum absolute atomic E-state index is 13.3. The molecule has 0 spiro atoms. The Bertz CT molecular complexity index is 563. The summed E-state index contributed by atoms with van der Waals surface area (Å²) in [5.74, 6) is -0.161. The van der Waals surface area contributed by atoms with Gasteiger partial charge in [-0.25, -0.2) is 4.39 Å². The first-order chi connectivity index (χ1) is 9.24. The Labute approximate surface area is 117 Å². The molecule has 3 heteroatoms. The van der Waals surface area contributed by atoms with Crippen LogP contribution in [0.1, 0.15) is 47.9 Å². The summed E-state index contributed by atoms with van der Waals surface area (Å²) in [5, 5.41) is 5.82. The zero-order valence-corrected chi connectivity index (χ0v) is 11.8. The van der Waals surface area contributed by atoms with Gasteiger partial charge < -0.3 is 5.32 Å². The van der Waals surface area contributed by atoms with E-state index in [1.54, 1.807) is 12.1 Å². The molecule has 1 aromatic heterocycles. The first-order valence-electron chi connectivity index (χ1n) is 6.82. The van der Waals surface area contributed by atoms with Gasteiger partial charge in [0.15, 0.2) is 0 Å². The minimum Gasteiger partial charge on any atom is -0.303 e. The molecule has 0 saturated carbocycles. The Hall–Kier alpha value is -1.19. The van der Waals surface area contributed by atoms with Gasteiger partial charge in [-0.2, -0.15) is 0 Å². The fraction of sp³-hybridized carbons (Fsp3) is 0.375. The number of halogens is 1. The average Bonchev–Trinajstić information content (AvgIpc) is 2.88. The van der Waals surface area contributed by atoms with Crippen LogP contribution in [0.5, 0.6) is 0 Å². The molecular weight excluding hydrogens is 257 g/mol. The number of nitrogens with one attached hydrogen (secondary N) is 1. The minimum absolute atomic E-state index is 0.161. The van der Waals surface area contributed by atoms with Crippen LogP contribution in [0.25, 0.3) is 0 Å². The van der Waals surface area contributed by atoms with Crippen LogP contribution < -0.4 is 5.32 Å². The summed E-state index contributed by atoms with van der Waals surface area (Å²) in [4.78, 5) is 1.51. The van der Waals surface area contributed by atoms with Crippen molar-refractivity contribution < 1.29 is 4.39 Å². The SMILES string of the molecule is C[C@H](NC1CCCc2sccc21)c1cccc(F)c1. The molecule has 2 atom stereocenters. The number of thiophene rings is 1. The predicted octanol–water partition coefficient (Wildman–Crippen LogP) is 4.62. The molecule has 1 aliphatic carbocycles. The summed E-state index contributed by atoms with van der Waals surface area (Å²) in [7, 11) is 0. The van der Waals surface area contributed by atoms with Crippen LogP contribution in [0.4, 0.5) is 4.39 Å². The molecule has 3 rings (SSSR count). The lowest BCUT2D eigenvalue weighted by Gasteiger charge is -2.27. The highest BCUT2D eigenvalue weighted by Crippen LogP contribution is 2.34. The average molecular weight is 275 g/mol. The molecule has 0 saturated heterocycles. The third-order valence-corrected chi connectivity index (χ3v) is 4.85. The largest absolute Gasteiger partial charge is 0.303 e. The first-order valence-corrected chi connectivity index (χ1v) is 7.70. The molecule has 1 aliphatic rings. The number of aryl methyl sites for hydroxylation is 1. The minimum atomic E-state index is -0.161. The van der Waals surface area contributed by atoms with Gasteiger partial charge in [-0.1, -0.05) is 12.1 Å². The van der Waals surface area contributed by atoms with E-state index in [9.17, 15) is 4.39 Å². The number of hydrogen-bond donors (Lipinski definition) is 1. The van der Waals surface area contributed by atoms with Gasteiger partial charge in [-0.05, 0) is 60.9 Å². The number of hydrogen-bond acceptors (Lipinski definition) is 2. The van der Waals surface area contributed by atoms with Crippen LogP contribution in [0, 0.1) is 5.82 Å². The van der Waals surface area contributed by atoms with Crippen molar-refractivity contribution in [3.05, 3.63) is 57.5 Å². The van der Waals surface area contributed by atoms with Crippen molar-refractivity contribution in [1.29, 1.82) is 0 Å². The number of rotatable bonds is 3. The molecule has 0 aliphatic heterocycles. The van der Waals surface area contributed by atoms with Gasteiger partial charge in [0.25, 0.3) is 0 Å². The Kier molecular flexibility index (Phi) is 3.67. The maximum atomic E-state index is 13.3. The van der Waals surface area contributed by atoms with E-state index < -0.39 is 0 Å². The molecule has 0 radical (unpaired) electrons. The number of fused-ring (bicyclic) bond motifs is 1. The second kappa shape index (κ2) is 5.43. The van der Waals surface area contributed by atoms with Crippen LogP contribution in [-0.4, -0.2) is 0 Å². The van der Waals surface area contributed by atoms with Gasteiger partial charge in [0.05, 0.1) is 0 Å². The smallest absolute Gasteiger partial charge is 0.123 e. The van der Waals surface area contributed by atoms with Crippen LogP contribution in [0.3, 0.4) is 0 Å². The topological polar surface area (TPSA) is 12.0 Å². The summed E-state index contributed by atoms with van der Waals surface area (Å²) in [6.07, 6.45) is 3.62. The molecule has 1 heterocycles. The lowest BCUT2D eigenvalue weighted by atomic mass is 9.93. The van der Waals surface area contributed by atoms with E-state index in [2.05, 4.69) is 23.7 Å². The fourth-order valence-corrected chi connectivity index (χ4v) is 3.82. The lowest BCUT2D eigenvalue weighted by Crippen LogP contribution is -2.27. The Morgan fingerprint density at radius 3 is 3.11 bits per heavy atom. The highest BCUT2D eigenvalue weighted by molar-refractivity contribution is 7.10. The Balaban J connectivity index is 1.76. The highest BCUT2D eigenvalue weighted by atomic mass is 32.1. The molecule has 1 N–H and O–H groups in total. The third kappa shape index (κ3) is 2.72. The van der Waals surface area contributed by atoms with Crippen molar-refractivity contribution in [2.75, 3.05) is 0 Å². The zero-order valence-electron chi connectivity index (χ0n) is 11.0. The van der Waals surface area contributed by atoms with E-state index in [4.69, 9.17) is 0 Å². The summed E-state index contributed by atoms with van der Waals surface area (Å²) in [6.45, 7) is 2.11. The second-order valence-electron chi connectivity index (χ2n) is 5.19. The number of benzene rings is 1. The van der Waals surface area contributed by atoms with Crippen molar-refractivity contribution in [1.82, 2.24) is 5.32 Å². The molecule has 1 nitrogen and oxygen atoms in total. The standard InChI is InChI=1S/C16H18FNS/c1-11(12-4-2-5-13(17)10-12)18-15-6-3-7-16-14(15)8-9-19-16/h2,4-5,8-11,15,18H,3,6-7H2,1H3/t11-,15?/m0/s1. The lowest BCUT2D eigenvalue weighted by molar-refractivity contribution is 0.417. The predicted molar refractivity (Wildman–Crippen MR) is 77.9 cm³/mol. The van der Waals surface area contributed by atoms with Crippen molar-refractivity contribution in [3.63, 3.8) is 0 Å². The summed E-state index contributed by atoms with van der Waals surface area (Å²) >= 11 is 1.85. The van der Waals surface area contributed by atoms with E-state index in [0.29, 0.717) is 6.04 Å². The van der Waals surface area contributed by atoms with E-state index in [1.807, 2.05) is 17.4 Å². The highest BCUT2D eigenvalue weighted by Gasteiger charge is 2.22. The fourth-order valence-electron chi connectivity index (χ4n) is 2.83. The van der Waals surface area contributed by atoms with E-state index >= 15 is 0 Å². The van der Waals surface area contributed by atoms with Gasteiger partial charge in [0, 0.05) is 17.0 Å². The van der Waals surface area contributed by atoms with Crippen LogP contribution in [0.15, 0.2) is 35.7 Å². The molecular formula is C16H18FNS. The van der Waals surface area contributed by atoms with Gasteiger partial charge in [0.2, 0.25) is 0 Å².